The molecule has 1 saturated heterocycles. The lowest BCUT2D eigenvalue weighted by molar-refractivity contribution is -0.121. The van der Waals surface area contributed by atoms with Gasteiger partial charge in [0.1, 0.15) is 11.5 Å². The quantitative estimate of drug-likeness (QED) is 0.837. The van der Waals surface area contributed by atoms with Crippen molar-refractivity contribution >= 4 is 11.9 Å². The van der Waals surface area contributed by atoms with E-state index < -0.39 is 0 Å². The van der Waals surface area contributed by atoms with Gasteiger partial charge in [-0.1, -0.05) is 6.07 Å². The van der Waals surface area contributed by atoms with E-state index in [-0.39, 0.29) is 5.78 Å². The molecule has 1 aliphatic rings. The highest BCUT2D eigenvalue weighted by Crippen LogP contribution is 2.29. The van der Waals surface area contributed by atoms with E-state index in [4.69, 9.17) is 14.2 Å². The first-order valence-electron chi connectivity index (χ1n) is 6.39. The minimum Gasteiger partial charge on any atom is -0.497 e. The third kappa shape index (κ3) is 3.50. The summed E-state index contributed by atoms with van der Waals surface area (Å²) in [6.45, 7) is 2.97. The molecule has 0 bridgehead atoms. The van der Waals surface area contributed by atoms with Gasteiger partial charge in [0.2, 0.25) is 0 Å². The summed E-state index contributed by atoms with van der Waals surface area (Å²) in [5.74, 6) is 2.33. The molecule has 0 aromatic heterocycles. The maximum absolute atomic E-state index is 11.4. The van der Waals surface area contributed by atoms with Crippen molar-refractivity contribution < 1.29 is 19.0 Å². The fourth-order valence-corrected chi connectivity index (χ4v) is 1.96. The molecular formula is C15H18O4. The van der Waals surface area contributed by atoms with Gasteiger partial charge in [-0.3, -0.25) is 4.79 Å². The molecule has 4 nitrogen and oxygen atoms in total. The van der Waals surface area contributed by atoms with E-state index in [1.165, 1.54) is 0 Å². The van der Waals surface area contributed by atoms with Crippen LogP contribution in [0.3, 0.4) is 0 Å². The van der Waals surface area contributed by atoms with Crippen molar-refractivity contribution in [2.45, 2.75) is 19.8 Å². The van der Waals surface area contributed by atoms with Crippen LogP contribution in [0.4, 0.5) is 0 Å². The molecule has 4 heteroatoms. The van der Waals surface area contributed by atoms with Gasteiger partial charge in [0.15, 0.2) is 11.5 Å². The average molecular weight is 262 g/mol. The van der Waals surface area contributed by atoms with Crippen molar-refractivity contribution in [3.05, 3.63) is 29.5 Å². The van der Waals surface area contributed by atoms with E-state index in [9.17, 15) is 4.79 Å². The lowest BCUT2D eigenvalue weighted by atomic mass is 10.1. The summed E-state index contributed by atoms with van der Waals surface area (Å²) in [5.41, 5.74) is 0.939. The minimum absolute atomic E-state index is 0.219. The summed E-state index contributed by atoms with van der Waals surface area (Å²) in [6.07, 6.45) is 2.75. The highest BCUT2D eigenvalue weighted by Gasteiger charge is 2.14. The Morgan fingerprint density at radius 2 is 2.21 bits per heavy atom. The number of Topliss-reactive ketones (excluding diaryl/α,β-unsaturated/α-hetero) is 1. The molecule has 2 rings (SSSR count). The zero-order chi connectivity index (χ0) is 13.7. The van der Waals surface area contributed by atoms with Gasteiger partial charge in [-0.2, -0.15) is 0 Å². The van der Waals surface area contributed by atoms with Gasteiger partial charge >= 0.3 is 0 Å². The molecule has 19 heavy (non-hydrogen) atoms. The van der Waals surface area contributed by atoms with Crippen molar-refractivity contribution in [2.24, 2.45) is 0 Å². The van der Waals surface area contributed by atoms with Crippen LogP contribution in [0.15, 0.2) is 24.0 Å². The summed E-state index contributed by atoms with van der Waals surface area (Å²) in [6, 6.07) is 5.65. The van der Waals surface area contributed by atoms with Gasteiger partial charge in [0.25, 0.3) is 0 Å². The van der Waals surface area contributed by atoms with Crippen molar-refractivity contribution in [2.75, 3.05) is 20.3 Å². The number of ketones is 1. The number of hydrogen-bond donors (Lipinski definition) is 0. The number of allylic oxidation sites excluding steroid dienone is 1. The van der Waals surface area contributed by atoms with Crippen LogP contribution in [0.1, 0.15) is 25.3 Å². The number of carbonyl (C=O) groups excluding carboxylic acids is 1. The molecule has 0 aliphatic carbocycles. The first kappa shape index (κ1) is 13.5. The van der Waals surface area contributed by atoms with Gasteiger partial charge in [-0.05, 0) is 30.7 Å². The molecule has 0 saturated carbocycles. The molecule has 1 aromatic carbocycles. The van der Waals surface area contributed by atoms with Crippen LogP contribution in [0, 0.1) is 0 Å². The van der Waals surface area contributed by atoms with Crippen molar-refractivity contribution in [3.8, 4) is 11.5 Å². The molecule has 0 radical (unpaired) electrons. The van der Waals surface area contributed by atoms with E-state index in [1.807, 2.05) is 31.2 Å². The van der Waals surface area contributed by atoms with E-state index >= 15 is 0 Å². The second-order valence-electron chi connectivity index (χ2n) is 4.27. The fourth-order valence-electron chi connectivity index (χ4n) is 1.96. The summed E-state index contributed by atoms with van der Waals surface area (Å²) in [5, 5.41) is 0. The molecule has 0 unspecified atom stereocenters. The lowest BCUT2D eigenvalue weighted by Gasteiger charge is -2.15. The standard InChI is InChI=1S/C15H18O4/c1-3-18-15-9-11(4-5-14(15)17-2)8-13-10-12(16)6-7-19-13/h4-5,8-9H,3,6-7,10H2,1-2H3. The Labute approximate surface area is 113 Å². The Kier molecular flexibility index (Phi) is 4.44. The normalized spacial score (nSPS) is 17.2. The molecule has 1 fully saturated rings. The second kappa shape index (κ2) is 6.27. The Bertz CT molecular complexity index is 491. The molecule has 0 amide bonds. The number of rotatable bonds is 4. The van der Waals surface area contributed by atoms with Gasteiger partial charge in [-0.15, -0.1) is 0 Å². The van der Waals surface area contributed by atoms with E-state index in [1.54, 1.807) is 7.11 Å². The summed E-state index contributed by atoms with van der Waals surface area (Å²) < 4.78 is 16.2. The van der Waals surface area contributed by atoms with Crippen LogP contribution in [0.25, 0.3) is 6.08 Å². The highest BCUT2D eigenvalue weighted by molar-refractivity contribution is 5.82. The predicted molar refractivity (Wildman–Crippen MR) is 72.3 cm³/mol. The zero-order valence-corrected chi connectivity index (χ0v) is 11.3. The number of methoxy groups -OCH3 is 1. The van der Waals surface area contributed by atoms with Crippen LogP contribution in [0.5, 0.6) is 11.5 Å². The van der Waals surface area contributed by atoms with E-state index in [0.29, 0.717) is 43.3 Å². The largest absolute Gasteiger partial charge is 0.497 e. The number of ether oxygens (including phenoxy) is 3. The lowest BCUT2D eigenvalue weighted by Crippen LogP contribution is -2.13. The molecule has 0 N–H and O–H groups in total. The first-order chi connectivity index (χ1) is 9.22. The zero-order valence-electron chi connectivity index (χ0n) is 11.3. The third-order valence-corrected chi connectivity index (χ3v) is 2.85. The fraction of sp³-hybridized carbons (Fsp3) is 0.400. The molecule has 0 spiro atoms. The maximum Gasteiger partial charge on any atom is 0.161 e. The number of benzene rings is 1. The Balaban J connectivity index is 2.22. The van der Waals surface area contributed by atoms with Crippen LogP contribution < -0.4 is 9.47 Å². The molecule has 1 aliphatic heterocycles. The van der Waals surface area contributed by atoms with Crippen molar-refractivity contribution in [3.63, 3.8) is 0 Å². The molecule has 0 atom stereocenters. The molecule has 102 valence electrons. The summed E-state index contributed by atoms with van der Waals surface area (Å²) in [7, 11) is 1.61. The van der Waals surface area contributed by atoms with Gasteiger partial charge in [0, 0.05) is 6.42 Å². The van der Waals surface area contributed by atoms with Crippen LogP contribution >= 0.6 is 0 Å². The maximum atomic E-state index is 11.4. The van der Waals surface area contributed by atoms with Crippen LogP contribution in [-0.4, -0.2) is 26.1 Å². The molecule has 1 heterocycles. The molecular weight excluding hydrogens is 244 g/mol. The smallest absolute Gasteiger partial charge is 0.161 e. The number of carbonyl (C=O) groups is 1. The van der Waals surface area contributed by atoms with Gasteiger partial charge < -0.3 is 14.2 Å². The predicted octanol–water partition coefficient (Wildman–Crippen LogP) is 2.81. The van der Waals surface area contributed by atoms with Gasteiger partial charge in [-0.25, -0.2) is 0 Å². The van der Waals surface area contributed by atoms with Crippen LogP contribution in [0.2, 0.25) is 0 Å². The Morgan fingerprint density at radius 1 is 1.37 bits per heavy atom. The summed E-state index contributed by atoms with van der Waals surface area (Å²) in [4.78, 5) is 11.4. The van der Waals surface area contributed by atoms with Crippen LogP contribution in [-0.2, 0) is 9.53 Å². The van der Waals surface area contributed by atoms with Crippen molar-refractivity contribution in [1.29, 1.82) is 0 Å². The SMILES string of the molecule is CCOc1cc(C=C2CC(=O)CCO2)ccc1OC. The monoisotopic (exact) mass is 262 g/mol. The van der Waals surface area contributed by atoms with Crippen molar-refractivity contribution in [1.82, 2.24) is 0 Å². The second-order valence-corrected chi connectivity index (χ2v) is 4.27. The number of hydrogen-bond acceptors (Lipinski definition) is 4. The topological polar surface area (TPSA) is 44.8 Å². The summed E-state index contributed by atoms with van der Waals surface area (Å²) >= 11 is 0. The highest BCUT2D eigenvalue weighted by atomic mass is 16.5. The van der Waals surface area contributed by atoms with Gasteiger partial charge in [0.05, 0.1) is 26.7 Å². The first-order valence-corrected chi connectivity index (χ1v) is 6.39. The average Bonchev–Trinajstić information content (AvgIpc) is 2.39. The van der Waals surface area contributed by atoms with E-state index in [0.717, 1.165) is 5.56 Å². The molecule has 1 aromatic rings. The van der Waals surface area contributed by atoms with E-state index in [2.05, 4.69) is 0 Å². The Morgan fingerprint density at radius 3 is 2.89 bits per heavy atom. The minimum atomic E-state index is 0.219. The third-order valence-electron chi connectivity index (χ3n) is 2.85. The Hall–Kier alpha value is -1.97.